The van der Waals surface area contributed by atoms with Crippen LogP contribution in [0.4, 0.5) is 5.69 Å². The Kier molecular flexibility index (Phi) is 5.58. The van der Waals surface area contributed by atoms with Crippen LogP contribution in [0.25, 0.3) is 0 Å². The van der Waals surface area contributed by atoms with Gasteiger partial charge in [0.1, 0.15) is 5.15 Å². The monoisotopic (exact) mass is 352 g/mol. The molecule has 1 amide bonds. The van der Waals surface area contributed by atoms with Crippen molar-refractivity contribution in [3.05, 3.63) is 57.8 Å². The number of rotatable bonds is 4. The normalized spacial score (nSPS) is 11.7. The van der Waals surface area contributed by atoms with E-state index in [1.807, 2.05) is 19.1 Å². The van der Waals surface area contributed by atoms with Gasteiger partial charge in [0.15, 0.2) is 6.10 Å². The molecule has 2 rings (SSSR count). The van der Waals surface area contributed by atoms with Crippen LogP contribution in [0.3, 0.4) is 0 Å². The van der Waals surface area contributed by atoms with E-state index in [2.05, 4.69) is 10.3 Å². The average molecular weight is 353 g/mol. The molecule has 1 aromatic heterocycles. The van der Waals surface area contributed by atoms with Crippen molar-refractivity contribution in [2.24, 2.45) is 0 Å². The Morgan fingerprint density at radius 2 is 1.87 bits per heavy atom. The molecule has 0 saturated carbocycles. The highest BCUT2D eigenvalue weighted by Gasteiger charge is 2.20. The van der Waals surface area contributed by atoms with Crippen molar-refractivity contribution in [2.45, 2.75) is 20.0 Å². The minimum absolute atomic E-state index is 0.0911. The summed E-state index contributed by atoms with van der Waals surface area (Å²) in [6.45, 7) is 3.42. The van der Waals surface area contributed by atoms with E-state index in [-0.39, 0.29) is 15.7 Å². The van der Waals surface area contributed by atoms with Gasteiger partial charge in [-0.05, 0) is 32.0 Å². The average Bonchev–Trinajstić information content (AvgIpc) is 2.52. The Morgan fingerprint density at radius 3 is 2.48 bits per heavy atom. The van der Waals surface area contributed by atoms with E-state index in [1.54, 1.807) is 12.1 Å². The van der Waals surface area contributed by atoms with Crippen molar-refractivity contribution in [1.82, 2.24) is 4.98 Å². The highest BCUT2D eigenvalue weighted by atomic mass is 35.5. The lowest BCUT2D eigenvalue weighted by Crippen LogP contribution is -2.30. The summed E-state index contributed by atoms with van der Waals surface area (Å²) < 4.78 is 5.10. The lowest BCUT2D eigenvalue weighted by molar-refractivity contribution is -0.123. The molecule has 0 saturated heterocycles. The Hall–Kier alpha value is -2.11. The van der Waals surface area contributed by atoms with Crippen LogP contribution in [0.1, 0.15) is 22.8 Å². The van der Waals surface area contributed by atoms with Crippen LogP contribution in [0, 0.1) is 6.92 Å². The second-order valence-corrected chi connectivity index (χ2v) is 5.66. The molecule has 0 bridgehead atoms. The molecule has 120 valence electrons. The van der Waals surface area contributed by atoms with Crippen molar-refractivity contribution in [2.75, 3.05) is 5.32 Å². The molecule has 1 N–H and O–H groups in total. The lowest BCUT2D eigenvalue weighted by atomic mass is 10.2. The molecular weight excluding hydrogens is 339 g/mol. The number of carbonyl (C=O) groups is 2. The Labute approximate surface area is 143 Å². The third-order valence-corrected chi connectivity index (χ3v) is 3.69. The third-order valence-electron chi connectivity index (χ3n) is 3.00. The minimum atomic E-state index is -0.974. The first-order valence-electron chi connectivity index (χ1n) is 6.76. The summed E-state index contributed by atoms with van der Waals surface area (Å²) in [6.07, 6.45) is 0.263. The second kappa shape index (κ2) is 7.44. The maximum absolute atomic E-state index is 12.0. The summed E-state index contributed by atoms with van der Waals surface area (Å²) in [5, 5.41) is 2.90. The van der Waals surface area contributed by atoms with E-state index in [0.29, 0.717) is 5.69 Å². The number of hydrogen-bond acceptors (Lipinski definition) is 4. The van der Waals surface area contributed by atoms with Gasteiger partial charge in [0, 0.05) is 11.9 Å². The van der Waals surface area contributed by atoms with Gasteiger partial charge in [0.25, 0.3) is 5.91 Å². The van der Waals surface area contributed by atoms with Gasteiger partial charge < -0.3 is 10.1 Å². The number of nitrogens with one attached hydrogen (secondary N) is 1. The van der Waals surface area contributed by atoms with E-state index in [9.17, 15) is 9.59 Å². The number of amides is 1. The van der Waals surface area contributed by atoms with Crippen LogP contribution < -0.4 is 5.32 Å². The first kappa shape index (κ1) is 17.2. The molecule has 0 aliphatic rings. The van der Waals surface area contributed by atoms with Gasteiger partial charge in [-0.1, -0.05) is 40.9 Å². The number of carbonyl (C=O) groups excluding carboxylic acids is 2. The van der Waals surface area contributed by atoms with Crippen LogP contribution in [-0.2, 0) is 9.53 Å². The van der Waals surface area contributed by atoms with Crippen molar-refractivity contribution < 1.29 is 14.3 Å². The lowest BCUT2D eigenvalue weighted by Gasteiger charge is -2.13. The summed E-state index contributed by atoms with van der Waals surface area (Å²) >= 11 is 11.5. The number of aryl methyl sites for hydroxylation is 1. The fraction of sp³-hybridized carbons (Fsp3) is 0.188. The highest BCUT2D eigenvalue weighted by Crippen LogP contribution is 2.20. The summed E-state index contributed by atoms with van der Waals surface area (Å²) in [4.78, 5) is 27.8. The number of nitrogens with zero attached hydrogens (tertiary/aromatic N) is 1. The van der Waals surface area contributed by atoms with E-state index < -0.39 is 18.0 Å². The highest BCUT2D eigenvalue weighted by molar-refractivity contribution is 6.41. The van der Waals surface area contributed by atoms with Crippen LogP contribution in [-0.4, -0.2) is 23.0 Å². The SMILES string of the molecule is Cc1ccc(NC(=O)[C@H](C)OC(=O)c2cnc(Cl)c(Cl)c2)cc1. The molecule has 2 aromatic rings. The first-order valence-corrected chi connectivity index (χ1v) is 7.52. The van der Waals surface area contributed by atoms with E-state index in [0.717, 1.165) is 5.56 Å². The van der Waals surface area contributed by atoms with Crippen LogP contribution in [0.5, 0.6) is 0 Å². The zero-order valence-electron chi connectivity index (χ0n) is 12.5. The van der Waals surface area contributed by atoms with Crippen LogP contribution in [0.2, 0.25) is 10.2 Å². The first-order chi connectivity index (χ1) is 10.9. The van der Waals surface area contributed by atoms with Gasteiger partial charge in [-0.25, -0.2) is 9.78 Å². The zero-order chi connectivity index (χ0) is 17.0. The fourth-order valence-electron chi connectivity index (χ4n) is 1.70. The van der Waals surface area contributed by atoms with Gasteiger partial charge >= 0.3 is 5.97 Å². The minimum Gasteiger partial charge on any atom is -0.449 e. The standard InChI is InChI=1S/C16H14Cl2N2O3/c1-9-3-5-12(6-4-9)20-15(21)10(2)23-16(22)11-7-13(17)14(18)19-8-11/h3-8,10H,1-2H3,(H,20,21)/t10-/m0/s1. The van der Waals surface area contributed by atoms with E-state index in [4.69, 9.17) is 27.9 Å². The molecule has 23 heavy (non-hydrogen) atoms. The van der Waals surface area contributed by atoms with Gasteiger partial charge in [-0.15, -0.1) is 0 Å². The van der Waals surface area contributed by atoms with Crippen LogP contribution in [0.15, 0.2) is 36.5 Å². The van der Waals surface area contributed by atoms with Gasteiger partial charge in [-0.3, -0.25) is 4.79 Å². The van der Waals surface area contributed by atoms with Crippen LogP contribution >= 0.6 is 23.2 Å². The Bertz CT molecular complexity index is 733. The quantitative estimate of drug-likeness (QED) is 0.669. The van der Waals surface area contributed by atoms with Gasteiger partial charge in [0.05, 0.1) is 10.6 Å². The molecule has 0 aliphatic carbocycles. The zero-order valence-corrected chi connectivity index (χ0v) is 14.0. The number of ether oxygens (including phenoxy) is 1. The number of anilines is 1. The fourth-order valence-corrected chi connectivity index (χ4v) is 1.97. The molecule has 1 aromatic carbocycles. The summed E-state index contributed by atoms with van der Waals surface area (Å²) in [5.74, 6) is -1.14. The third kappa shape index (κ3) is 4.68. The van der Waals surface area contributed by atoms with E-state index >= 15 is 0 Å². The van der Waals surface area contributed by atoms with Crippen molar-refractivity contribution in [3.8, 4) is 0 Å². The van der Waals surface area contributed by atoms with E-state index in [1.165, 1.54) is 19.2 Å². The number of pyridine rings is 1. The number of aromatic nitrogens is 1. The molecule has 1 heterocycles. The van der Waals surface area contributed by atoms with Gasteiger partial charge in [-0.2, -0.15) is 0 Å². The molecule has 5 nitrogen and oxygen atoms in total. The Morgan fingerprint density at radius 1 is 1.22 bits per heavy atom. The van der Waals surface area contributed by atoms with Crippen molar-refractivity contribution in [1.29, 1.82) is 0 Å². The molecule has 0 aliphatic heterocycles. The Balaban J connectivity index is 1.98. The molecule has 0 radical (unpaired) electrons. The number of esters is 1. The van der Waals surface area contributed by atoms with Crippen molar-refractivity contribution >= 4 is 40.8 Å². The maximum atomic E-state index is 12.0. The second-order valence-electron chi connectivity index (χ2n) is 4.90. The number of benzene rings is 1. The summed E-state index contributed by atoms with van der Waals surface area (Å²) in [6, 6.07) is 8.61. The maximum Gasteiger partial charge on any atom is 0.340 e. The number of halogens is 2. The molecular formula is C16H14Cl2N2O3. The summed E-state index contributed by atoms with van der Waals surface area (Å²) in [5.41, 5.74) is 1.82. The number of hydrogen-bond donors (Lipinski definition) is 1. The predicted octanol–water partition coefficient (Wildman–Crippen LogP) is 3.88. The molecule has 0 spiro atoms. The van der Waals surface area contributed by atoms with Crippen molar-refractivity contribution in [3.63, 3.8) is 0 Å². The predicted molar refractivity (Wildman–Crippen MR) is 88.9 cm³/mol. The summed E-state index contributed by atoms with van der Waals surface area (Å²) in [7, 11) is 0. The molecule has 0 fully saturated rings. The topological polar surface area (TPSA) is 68.3 Å². The molecule has 0 unspecified atom stereocenters. The molecule has 7 heteroatoms. The van der Waals surface area contributed by atoms with Gasteiger partial charge in [0.2, 0.25) is 0 Å². The molecule has 1 atom stereocenters. The smallest absolute Gasteiger partial charge is 0.340 e. The largest absolute Gasteiger partial charge is 0.449 e.